The van der Waals surface area contributed by atoms with Crippen molar-refractivity contribution in [1.82, 2.24) is 9.88 Å². The van der Waals surface area contributed by atoms with Crippen molar-refractivity contribution >= 4 is 17.1 Å². The van der Waals surface area contributed by atoms with Gasteiger partial charge in [0.05, 0.1) is 35.9 Å². The fraction of sp³-hybridized carbons (Fsp3) is 0.233. The summed E-state index contributed by atoms with van der Waals surface area (Å²) in [6.07, 6.45) is 0. The van der Waals surface area contributed by atoms with Crippen molar-refractivity contribution in [3.63, 3.8) is 0 Å². The number of nitrogens with two attached hydrogens (primary N) is 1. The van der Waals surface area contributed by atoms with E-state index >= 15 is 0 Å². The first-order valence-electron chi connectivity index (χ1n) is 12.7. The van der Waals surface area contributed by atoms with Gasteiger partial charge in [0, 0.05) is 25.3 Å². The Hall–Kier alpha value is -4.23. The fourth-order valence-corrected chi connectivity index (χ4v) is 4.30. The van der Waals surface area contributed by atoms with Gasteiger partial charge in [-0.1, -0.05) is 42.5 Å². The van der Waals surface area contributed by atoms with Crippen LogP contribution in [0.4, 0.5) is 17.1 Å². The van der Waals surface area contributed by atoms with Crippen molar-refractivity contribution in [3.8, 4) is 11.5 Å². The van der Waals surface area contributed by atoms with Gasteiger partial charge in [0.1, 0.15) is 24.7 Å². The van der Waals surface area contributed by atoms with Gasteiger partial charge >= 0.3 is 0 Å². The molecule has 0 saturated carbocycles. The molecule has 0 radical (unpaired) electrons. The molecule has 5 rings (SSSR count). The molecule has 190 valence electrons. The van der Waals surface area contributed by atoms with Crippen molar-refractivity contribution in [2.75, 3.05) is 42.7 Å². The molecule has 2 heterocycles. The zero-order valence-electron chi connectivity index (χ0n) is 20.9. The summed E-state index contributed by atoms with van der Waals surface area (Å²) in [6, 6.07) is 30.2. The second-order valence-electron chi connectivity index (χ2n) is 9.03. The SMILES string of the molecule is Nc1ccc(CN2CCOc3ccccc3NCc3cccc(n3)CNc3ccccc3OCC2)cc1. The lowest BCUT2D eigenvalue weighted by molar-refractivity contribution is 0.171. The van der Waals surface area contributed by atoms with Gasteiger partial charge in [-0.15, -0.1) is 0 Å². The van der Waals surface area contributed by atoms with Crippen LogP contribution in [0.2, 0.25) is 0 Å². The number of nitrogens with one attached hydrogen (secondary N) is 2. The van der Waals surface area contributed by atoms with Crippen LogP contribution in [0.5, 0.6) is 11.5 Å². The lowest BCUT2D eigenvalue weighted by Crippen LogP contribution is -2.32. The van der Waals surface area contributed by atoms with Crippen LogP contribution in [0.3, 0.4) is 0 Å². The Balaban J connectivity index is 1.37. The highest BCUT2D eigenvalue weighted by Gasteiger charge is 2.11. The molecule has 7 nitrogen and oxygen atoms in total. The number of pyridine rings is 1. The predicted octanol–water partition coefficient (Wildman–Crippen LogP) is 5.16. The number of anilines is 3. The highest BCUT2D eigenvalue weighted by molar-refractivity contribution is 5.57. The third-order valence-electron chi connectivity index (χ3n) is 6.27. The van der Waals surface area contributed by atoms with Gasteiger partial charge in [0.15, 0.2) is 0 Å². The molecule has 0 amide bonds. The summed E-state index contributed by atoms with van der Waals surface area (Å²) in [5.74, 6) is 1.66. The Morgan fingerprint density at radius 3 is 1.78 bits per heavy atom. The van der Waals surface area contributed by atoms with E-state index in [4.69, 9.17) is 20.2 Å². The summed E-state index contributed by atoms with van der Waals surface area (Å²) in [5, 5.41) is 6.99. The second kappa shape index (κ2) is 12.1. The Morgan fingerprint density at radius 1 is 0.676 bits per heavy atom. The standard InChI is InChI=1S/C30H33N5O2/c31-24-14-12-23(13-15-24)22-35-16-18-36-29-10-3-1-8-27(29)32-20-25-6-5-7-26(34-25)21-33-28-9-2-4-11-30(28)37-19-17-35/h1-15,32-33H,16-22,31H2. The largest absolute Gasteiger partial charge is 0.490 e. The van der Waals surface area contributed by atoms with Crippen LogP contribution >= 0.6 is 0 Å². The molecule has 0 fully saturated rings. The van der Waals surface area contributed by atoms with Crippen LogP contribution in [-0.4, -0.2) is 36.2 Å². The van der Waals surface area contributed by atoms with Crippen molar-refractivity contribution < 1.29 is 9.47 Å². The fourth-order valence-electron chi connectivity index (χ4n) is 4.30. The summed E-state index contributed by atoms with van der Waals surface area (Å²) in [7, 11) is 0. The highest BCUT2D eigenvalue weighted by Crippen LogP contribution is 2.26. The van der Waals surface area contributed by atoms with Crippen molar-refractivity contribution in [2.24, 2.45) is 0 Å². The van der Waals surface area contributed by atoms with E-state index in [1.165, 1.54) is 5.56 Å². The molecule has 0 aliphatic carbocycles. The molecule has 0 spiro atoms. The molecule has 1 aromatic heterocycles. The van der Waals surface area contributed by atoms with Crippen LogP contribution in [0.25, 0.3) is 0 Å². The van der Waals surface area contributed by atoms with Gasteiger partial charge in [0.25, 0.3) is 0 Å². The number of aromatic nitrogens is 1. The van der Waals surface area contributed by atoms with Gasteiger partial charge < -0.3 is 25.8 Å². The second-order valence-corrected chi connectivity index (χ2v) is 9.03. The van der Waals surface area contributed by atoms with E-state index < -0.39 is 0 Å². The Labute approximate surface area is 218 Å². The molecule has 3 aromatic carbocycles. The van der Waals surface area contributed by atoms with E-state index in [1.54, 1.807) is 0 Å². The molecule has 0 unspecified atom stereocenters. The molecule has 1 aliphatic rings. The molecule has 1 aliphatic heterocycles. The van der Waals surface area contributed by atoms with E-state index in [1.807, 2.05) is 78.9 Å². The number of fused-ring (bicyclic) bond motifs is 4. The maximum atomic E-state index is 6.24. The monoisotopic (exact) mass is 495 g/mol. The number of para-hydroxylation sites is 4. The van der Waals surface area contributed by atoms with E-state index in [0.717, 1.165) is 59.6 Å². The lowest BCUT2D eigenvalue weighted by Gasteiger charge is -2.24. The zero-order valence-corrected chi connectivity index (χ0v) is 20.9. The number of nitrogen functional groups attached to an aromatic ring is 1. The maximum Gasteiger partial charge on any atom is 0.142 e. The van der Waals surface area contributed by atoms with Crippen LogP contribution in [0.15, 0.2) is 91.0 Å². The lowest BCUT2D eigenvalue weighted by atomic mass is 10.2. The summed E-state index contributed by atoms with van der Waals surface area (Å²) < 4.78 is 12.5. The normalized spacial score (nSPS) is 14.8. The molecule has 4 aromatic rings. The smallest absolute Gasteiger partial charge is 0.142 e. The minimum atomic E-state index is 0.555. The number of nitrogens with zero attached hydrogens (tertiary/aromatic N) is 2. The van der Waals surface area contributed by atoms with Crippen LogP contribution in [0, 0.1) is 0 Å². The minimum absolute atomic E-state index is 0.555. The van der Waals surface area contributed by atoms with E-state index in [0.29, 0.717) is 26.3 Å². The Bertz CT molecular complexity index is 1220. The van der Waals surface area contributed by atoms with Gasteiger partial charge in [-0.25, -0.2) is 0 Å². The molecular formula is C30H33N5O2. The number of rotatable bonds is 2. The molecule has 2 bridgehead atoms. The topological polar surface area (TPSA) is 84.7 Å². The molecule has 37 heavy (non-hydrogen) atoms. The van der Waals surface area contributed by atoms with E-state index in [-0.39, 0.29) is 0 Å². The summed E-state index contributed by atoms with van der Waals surface area (Å²) >= 11 is 0. The summed E-state index contributed by atoms with van der Waals surface area (Å²) in [6.45, 7) is 4.62. The predicted molar refractivity (Wildman–Crippen MR) is 149 cm³/mol. The molecular weight excluding hydrogens is 462 g/mol. The van der Waals surface area contributed by atoms with Gasteiger partial charge in [-0.05, 0) is 54.1 Å². The zero-order chi connectivity index (χ0) is 25.3. The van der Waals surface area contributed by atoms with Crippen LogP contribution < -0.4 is 25.8 Å². The van der Waals surface area contributed by atoms with Crippen molar-refractivity contribution in [1.29, 1.82) is 0 Å². The average molecular weight is 496 g/mol. The Morgan fingerprint density at radius 2 is 1.22 bits per heavy atom. The van der Waals surface area contributed by atoms with E-state index in [9.17, 15) is 0 Å². The molecule has 0 saturated heterocycles. The first-order chi connectivity index (χ1) is 18.2. The third kappa shape index (κ3) is 6.92. The average Bonchev–Trinajstić information content (AvgIpc) is 2.93. The number of benzene rings is 3. The summed E-state index contributed by atoms with van der Waals surface area (Å²) in [4.78, 5) is 7.16. The van der Waals surface area contributed by atoms with E-state index in [2.05, 4.69) is 27.7 Å². The van der Waals surface area contributed by atoms with Gasteiger partial charge in [0.2, 0.25) is 0 Å². The maximum absolute atomic E-state index is 6.24. The molecule has 4 N–H and O–H groups in total. The highest BCUT2D eigenvalue weighted by atomic mass is 16.5. The Kier molecular flexibility index (Phi) is 8.03. The number of hydrogen-bond donors (Lipinski definition) is 3. The molecule has 7 heteroatoms. The first kappa shape index (κ1) is 24.5. The first-order valence-corrected chi connectivity index (χ1v) is 12.7. The van der Waals surface area contributed by atoms with Gasteiger partial charge in [-0.3, -0.25) is 9.88 Å². The van der Waals surface area contributed by atoms with Crippen molar-refractivity contribution in [3.05, 3.63) is 108 Å². The van der Waals surface area contributed by atoms with Crippen LogP contribution in [0.1, 0.15) is 17.0 Å². The minimum Gasteiger partial charge on any atom is -0.490 e. The summed E-state index contributed by atoms with van der Waals surface area (Å²) in [5.41, 5.74) is 11.7. The quantitative estimate of drug-likeness (QED) is 0.331. The van der Waals surface area contributed by atoms with Gasteiger partial charge in [-0.2, -0.15) is 0 Å². The number of hydrogen-bond acceptors (Lipinski definition) is 7. The molecule has 0 atom stereocenters. The van der Waals surface area contributed by atoms with Crippen LogP contribution in [-0.2, 0) is 19.6 Å². The van der Waals surface area contributed by atoms with Crippen molar-refractivity contribution in [2.45, 2.75) is 19.6 Å². The third-order valence-corrected chi connectivity index (χ3v) is 6.27. The number of ether oxygens (including phenoxy) is 2.